The highest BCUT2D eigenvalue weighted by Crippen LogP contribution is 2.30. The average Bonchev–Trinajstić information content (AvgIpc) is 3.37. The number of likely N-dealkylation sites (tertiary alicyclic amines) is 2. The lowest BCUT2D eigenvalue weighted by Crippen LogP contribution is -2.53. The summed E-state index contributed by atoms with van der Waals surface area (Å²) in [5.41, 5.74) is 1.40. The molecule has 0 bridgehead atoms. The highest BCUT2D eigenvalue weighted by Gasteiger charge is 2.52. The van der Waals surface area contributed by atoms with E-state index < -0.39 is 18.1 Å². The van der Waals surface area contributed by atoms with Crippen molar-refractivity contribution in [1.82, 2.24) is 20.4 Å². The Morgan fingerprint density at radius 1 is 1.09 bits per heavy atom. The second-order valence-electron chi connectivity index (χ2n) is 9.83. The molecule has 0 aliphatic carbocycles. The number of fused-ring (bicyclic) bond motifs is 1. The number of Topliss-reactive ketones (excluding diaryl/α,β-unsaturated/α-hetero) is 1. The molecule has 2 aliphatic rings. The van der Waals surface area contributed by atoms with Gasteiger partial charge in [-0.05, 0) is 43.0 Å². The molecule has 3 rings (SSSR count). The summed E-state index contributed by atoms with van der Waals surface area (Å²) in [4.78, 5) is 68.0. The highest BCUT2D eigenvalue weighted by molar-refractivity contribution is 6.01. The van der Waals surface area contributed by atoms with Crippen LogP contribution in [0.1, 0.15) is 44.0 Å². The van der Waals surface area contributed by atoms with Crippen LogP contribution in [0.5, 0.6) is 0 Å². The van der Waals surface area contributed by atoms with Gasteiger partial charge in [-0.15, -0.1) is 0 Å². The van der Waals surface area contributed by atoms with Crippen molar-refractivity contribution in [1.29, 1.82) is 0 Å². The Morgan fingerprint density at radius 3 is 2.31 bits per heavy atom. The second kappa shape index (κ2) is 10.9. The van der Waals surface area contributed by atoms with Gasteiger partial charge in [-0.1, -0.05) is 13.8 Å². The summed E-state index contributed by atoms with van der Waals surface area (Å²) in [6.07, 6.45) is 0.899. The molecule has 3 atom stereocenters. The summed E-state index contributed by atoms with van der Waals surface area (Å²) in [7, 11) is 3.82. The Morgan fingerprint density at radius 2 is 1.74 bits per heavy atom. The fourth-order valence-electron chi connectivity index (χ4n) is 4.74. The largest absolute Gasteiger partial charge is 0.378 e. The van der Waals surface area contributed by atoms with E-state index in [1.807, 2.05) is 45.0 Å². The summed E-state index contributed by atoms with van der Waals surface area (Å²) >= 11 is 0. The number of hydrogen-bond acceptors (Lipinski definition) is 6. The smallest absolute Gasteiger partial charge is 0.251 e. The third-order valence-corrected chi connectivity index (χ3v) is 6.47. The molecule has 0 saturated carbocycles. The van der Waals surface area contributed by atoms with E-state index in [0.29, 0.717) is 24.9 Å². The van der Waals surface area contributed by atoms with Gasteiger partial charge in [0.05, 0.1) is 19.1 Å². The quantitative estimate of drug-likeness (QED) is 0.551. The minimum atomic E-state index is -0.785. The SMILES string of the molecule is CC(=O)NCC(=O)N1CC(=O)C2C1CCN2C(=O)[C@H](CC(C)C)NC(=O)c1ccc(N(C)C)cc1. The number of ketones is 1. The van der Waals surface area contributed by atoms with Crippen molar-refractivity contribution < 1.29 is 24.0 Å². The number of anilines is 1. The molecule has 0 spiro atoms. The number of benzene rings is 1. The average molecular weight is 486 g/mol. The third kappa shape index (κ3) is 5.98. The Bertz CT molecular complexity index is 990. The summed E-state index contributed by atoms with van der Waals surface area (Å²) < 4.78 is 0. The fourth-order valence-corrected chi connectivity index (χ4v) is 4.74. The fraction of sp³-hybridized carbons (Fsp3) is 0.560. The zero-order valence-corrected chi connectivity index (χ0v) is 21.0. The molecule has 2 fully saturated rings. The van der Waals surface area contributed by atoms with Gasteiger partial charge in [-0.25, -0.2) is 0 Å². The molecule has 0 aromatic heterocycles. The third-order valence-electron chi connectivity index (χ3n) is 6.47. The first kappa shape index (κ1) is 26.2. The predicted octanol–water partition coefficient (Wildman–Crippen LogP) is 0.414. The van der Waals surface area contributed by atoms with E-state index in [4.69, 9.17) is 0 Å². The number of nitrogens with zero attached hydrogens (tertiary/aromatic N) is 3. The Kier molecular flexibility index (Phi) is 8.14. The summed E-state index contributed by atoms with van der Waals surface area (Å²) in [5.74, 6) is -1.40. The van der Waals surface area contributed by atoms with Gasteiger partial charge in [0.1, 0.15) is 12.1 Å². The van der Waals surface area contributed by atoms with E-state index in [1.54, 1.807) is 12.1 Å². The Balaban J connectivity index is 1.73. The number of carbonyl (C=O) groups is 5. The molecular formula is C25H35N5O5. The molecule has 2 aliphatic heterocycles. The van der Waals surface area contributed by atoms with Gasteiger partial charge in [0.15, 0.2) is 5.78 Å². The first-order chi connectivity index (χ1) is 16.5. The van der Waals surface area contributed by atoms with Crippen molar-refractivity contribution in [3.8, 4) is 0 Å². The van der Waals surface area contributed by atoms with Crippen LogP contribution in [0, 0.1) is 5.92 Å². The zero-order valence-electron chi connectivity index (χ0n) is 21.0. The second-order valence-corrected chi connectivity index (χ2v) is 9.83. The minimum Gasteiger partial charge on any atom is -0.378 e. The molecule has 1 aromatic carbocycles. The molecule has 10 nitrogen and oxygen atoms in total. The van der Waals surface area contributed by atoms with Gasteiger partial charge >= 0.3 is 0 Å². The molecule has 4 amide bonds. The van der Waals surface area contributed by atoms with Crippen molar-refractivity contribution in [3.63, 3.8) is 0 Å². The van der Waals surface area contributed by atoms with Crippen molar-refractivity contribution >= 4 is 35.1 Å². The number of amides is 4. The van der Waals surface area contributed by atoms with Crippen LogP contribution in [-0.2, 0) is 19.2 Å². The maximum Gasteiger partial charge on any atom is 0.251 e. The molecular weight excluding hydrogens is 450 g/mol. The zero-order chi connectivity index (χ0) is 25.9. The predicted molar refractivity (Wildman–Crippen MR) is 131 cm³/mol. The summed E-state index contributed by atoms with van der Waals surface area (Å²) in [5, 5.41) is 5.33. The molecule has 0 radical (unpaired) electrons. The number of rotatable bonds is 8. The normalized spacial score (nSPS) is 20.0. The highest BCUT2D eigenvalue weighted by atomic mass is 16.2. The number of nitrogens with one attached hydrogen (secondary N) is 2. The summed E-state index contributed by atoms with van der Waals surface area (Å²) in [6.45, 7) is 5.31. The lowest BCUT2D eigenvalue weighted by Gasteiger charge is -2.29. The van der Waals surface area contributed by atoms with Crippen LogP contribution < -0.4 is 15.5 Å². The van der Waals surface area contributed by atoms with Crippen LogP contribution in [-0.4, -0.2) is 91.1 Å². The van der Waals surface area contributed by atoms with Crippen LogP contribution in [0.4, 0.5) is 5.69 Å². The molecule has 1 aromatic rings. The van der Waals surface area contributed by atoms with Crippen LogP contribution in [0.3, 0.4) is 0 Å². The first-order valence-electron chi connectivity index (χ1n) is 11.9. The maximum atomic E-state index is 13.6. The van der Waals surface area contributed by atoms with Gasteiger partial charge in [-0.3, -0.25) is 24.0 Å². The van der Waals surface area contributed by atoms with Crippen molar-refractivity contribution in [2.24, 2.45) is 5.92 Å². The standard InChI is InChI=1S/C25H35N5O5/c1-15(2)12-19(27-24(34)17-6-8-18(9-7-17)28(4)5)25(35)29-11-10-20-23(29)21(32)14-30(20)22(33)13-26-16(3)31/h6-9,15,19-20,23H,10-14H2,1-5H3,(H,26,31)(H,27,34)/t19-,20?,23?/m0/s1. The molecule has 190 valence electrons. The van der Waals surface area contributed by atoms with Crippen LogP contribution in [0.15, 0.2) is 24.3 Å². The van der Waals surface area contributed by atoms with E-state index in [9.17, 15) is 24.0 Å². The molecule has 10 heteroatoms. The summed E-state index contributed by atoms with van der Waals surface area (Å²) in [6, 6.07) is 5.17. The van der Waals surface area contributed by atoms with Gasteiger partial charge in [0.25, 0.3) is 5.91 Å². The van der Waals surface area contributed by atoms with E-state index in [2.05, 4.69) is 10.6 Å². The lowest BCUT2D eigenvalue weighted by molar-refractivity contribution is -0.138. The van der Waals surface area contributed by atoms with Crippen molar-refractivity contribution in [3.05, 3.63) is 29.8 Å². The van der Waals surface area contributed by atoms with Crippen LogP contribution >= 0.6 is 0 Å². The lowest BCUT2D eigenvalue weighted by atomic mass is 10.0. The van der Waals surface area contributed by atoms with E-state index in [-0.39, 0.29) is 48.4 Å². The monoisotopic (exact) mass is 485 g/mol. The van der Waals surface area contributed by atoms with Crippen molar-refractivity contribution in [2.75, 3.05) is 38.6 Å². The minimum absolute atomic E-state index is 0.0863. The Hall–Kier alpha value is -3.43. The van der Waals surface area contributed by atoms with Gasteiger partial charge in [0, 0.05) is 38.8 Å². The number of hydrogen-bond donors (Lipinski definition) is 2. The Labute approximate surface area is 206 Å². The van der Waals surface area contributed by atoms with E-state index in [0.717, 1.165) is 5.69 Å². The molecule has 2 saturated heterocycles. The molecule has 2 N–H and O–H groups in total. The van der Waals surface area contributed by atoms with Crippen LogP contribution in [0.2, 0.25) is 0 Å². The van der Waals surface area contributed by atoms with Crippen molar-refractivity contribution in [2.45, 2.75) is 51.7 Å². The maximum absolute atomic E-state index is 13.6. The van der Waals surface area contributed by atoms with Gasteiger partial charge < -0.3 is 25.3 Å². The van der Waals surface area contributed by atoms with Gasteiger partial charge in [0.2, 0.25) is 17.7 Å². The van der Waals surface area contributed by atoms with Gasteiger partial charge in [-0.2, -0.15) is 0 Å². The van der Waals surface area contributed by atoms with E-state index >= 15 is 0 Å². The first-order valence-corrected chi connectivity index (χ1v) is 11.9. The molecule has 35 heavy (non-hydrogen) atoms. The topological polar surface area (TPSA) is 119 Å². The van der Waals surface area contributed by atoms with Crippen LogP contribution in [0.25, 0.3) is 0 Å². The van der Waals surface area contributed by atoms with E-state index in [1.165, 1.54) is 16.7 Å². The number of carbonyl (C=O) groups excluding carboxylic acids is 5. The molecule has 2 heterocycles. The molecule has 2 unspecified atom stereocenters.